The smallest absolute Gasteiger partial charge is 0.306 e. The van der Waals surface area contributed by atoms with E-state index in [9.17, 15) is 4.79 Å². The van der Waals surface area contributed by atoms with Crippen LogP contribution in [-0.4, -0.2) is 18.1 Å². The molecule has 0 amide bonds. The topological polar surface area (TPSA) is 38.3 Å². The number of piperidine rings is 1. The monoisotopic (exact) mass is 259 g/mol. The molecule has 2 heterocycles. The van der Waals surface area contributed by atoms with Crippen molar-refractivity contribution in [3.63, 3.8) is 0 Å². The summed E-state index contributed by atoms with van der Waals surface area (Å²) in [5, 5.41) is 3.60. The third-order valence-corrected chi connectivity index (χ3v) is 4.27. The second-order valence-corrected chi connectivity index (χ2v) is 5.83. The zero-order chi connectivity index (χ0) is 13.1. The minimum atomic E-state index is -0.0462. The Morgan fingerprint density at radius 1 is 1.16 bits per heavy atom. The van der Waals surface area contributed by atoms with Crippen LogP contribution in [0.15, 0.2) is 30.3 Å². The van der Waals surface area contributed by atoms with Crippen LogP contribution in [0.5, 0.6) is 0 Å². The predicted molar refractivity (Wildman–Crippen MR) is 73.5 cm³/mol. The highest BCUT2D eigenvalue weighted by Crippen LogP contribution is 2.32. The average Bonchev–Trinajstić information content (AvgIpc) is 2.77. The molecule has 2 fully saturated rings. The quantitative estimate of drug-likeness (QED) is 0.845. The summed E-state index contributed by atoms with van der Waals surface area (Å²) >= 11 is 0. The van der Waals surface area contributed by atoms with E-state index in [-0.39, 0.29) is 5.97 Å². The van der Waals surface area contributed by atoms with E-state index >= 15 is 0 Å². The Labute approximate surface area is 114 Å². The van der Waals surface area contributed by atoms with Gasteiger partial charge in [-0.05, 0) is 37.2 Å². The first-order valence-corrected chi connectivity index (χ1v) is 7.25. The Hall–Kier alpha value is -1.35. The fourth-order valence-electron chi connectivity index (χ4n) is 3.37. The summed E-state index contributed by atoms with van der Waals surface area (Å²) in [5.41, 5.74) is 1.06. The summed E-state index contributed by atoms with van der Waals surface area (Å²) in [6, 6.07) is 11.2. The van der Waals surface area contributed by atoms with Crippen LogP contribution in [0.4, 0.5) is 0 Å². The number of rotatable bonds is 4. The van der Waals surface area contributed by atoms with Crippen LogP contribution in [0.3, 0.4) is 0 Å². The number of nitrogens with one attached hydrogen (secondary N) is 1. The minimum Gasteiger partial charge on any atom is -0.461 e. The van der Waals surface area contributed by atoms with E-state index in [2.05, 4.69) is 5.32 Å². The number of esters is 1. The molecule has 19 heavy (non-hydrogen) atoms. The molecule has 0 saturated carbocycles. The zero-order valence-electron chi connectivity index (χ0n) is 11.2. The first-order valence-electron chi connectivity index (χ1n) is 7.25. The third-order valence-electron chi connectivity index (χ3n) is 4.27. The largest absolute Gasteiger partial charge is 0.461 e. The summed E-state index contributed by atoms with van der Waals surface area (Å²) < 4.78 is 5.36. The molecule has 102 valence electrons. The van der Waals surface area contributed by atoms with E-state index in [1.165, 1.54) is 12.8 Å². The first-order chi connectivity index (χ1) is 9.29. The van der Waals surface area contributed by atoms with Crippen LogP contribution in [0.2, 0.25) is 0 Å². The van der Waals surface area contributed by atoms with Crippen molar-refractivity contribution in [2.45, 2.75) is 50.8 Å². The Morgan fingerprint density at radius 2 is 1.84 bits per heavy atom. The van der Waals surface area contributed by atoms with Crippen molar-refractivity contribution in [2.24, 2.45) is 5.92 Å². The van der Waals surface area contributed by atoms with Crippen LogP contribution < -0.4 is 5.32 Å². The molecule has 0 aromatic heterocycles. The maximum atomic E-state index is 11.9. The second kappa shape index (κ2) is 5.74. The number of benzene rings is 1. The fraction of sp³-hybridized carbons (Fsp3) is 0.562. The molecule has 2 atom stereocenters. The molecule has 2 unspecified atom stereocenters. The zero-order valence-corrected chi connectivity index (χ0v) is 11.2. The summed E-state index contributed by atoms with van der Waals surface area (Å²) in [6.45, 7) is 0.400. The van der Waals surface area contributed by atoms with Crippen molar-refractivity contribution in [1.82, 2.24) is 5.32 Å². The van der Waals surface area contributed by atoms with Gasteiger partial charge in [-0.1, -0.05) is 30.3 Å². The molecule has 3 heteroatoms. The normalized spacial score (nSPS) is 29.2. The molecule has 0 spiro atoms. The lowest BCUT2D eigenvalue weighted by Gasteiger charge is -2.28. The molecule has 2 aliphatic heterocycles. The number of hydrogen-bond donors (Lipinski definition) is 1. The van der Waals surface area contributed by atoms with Gasteiger partial charge in [0, 0.05) is 18.5 Å². The van der Waals surface area contributed by atoms with Crippen molar-refractivity contribution in [3.8, 4) is 0 Å². The standard InChI is InChI=1S/C16H21NO2/c18-16(19-11-12-4-2-1-3-5-12)10-13-8-14-6-7-15(9-13)17-14/h1-5,13-15,17H,6-11H2. The number of fused-ring (bicyclic) bond motifs is 2. The molecule has 2 saturated heterocycles. The van der Waals surface area contributed by atoms with Gasteiger partial charge in [0.25, 0.3) is 0 Å². The molecule has 3 nitrogen and oxygen atoms in total. The van der Waals surface area contributed by atoms with Gasteiger partial charge in [0.2, 0.25) is 0 Å². The van der Waals surface area contributed by atoms with E-state index in [0.29, 0.717) is 31.0 Å². The van der Waals surface area contributed by atoms with E-state index < -0.39 is 0 Å². The van der Waals surface area contributed by atoms with Gasteiger partial charge >= 0.3 is 5.97 Å². The summed E-state index contributed by atoms with van der Waals surface area (Å²) in [6.07, 6.45) is 5.41. The number of hydrogen-bond acceptors (Lipinski definition) is 3. The summed E-state index contributed by atoms with van der Waals surface area (Å²) in [5.74, 6) is 0.470. The van der Waals surface area contributed by atoms with Crippen molar-refractivity contribution >= 4 is 5.97 Å². The Kier molecular flexibility index (Phi) is 3.83. The van der Waals surface area contributed by atoms with Crippen LogP contribution in [0.1, 0.15) is 37.7 Å². The Morgan fingerprint density at radius 3 is 2.53 bits per heavy atom. The molecular formula is C16H21NO2. The number of carbonyl (C=O) groups excluding carboxylic acids is 1. The molecule has 3 rings (SSSR count). The molecule has 0 aliphatic carbocycles. The molecule has 2 bridgehead atoms. The van der Waals surface area contributed by atoms with E-state index in [1.54, 1.807) is 0 Å². The van der Waals surface area contributed by atoms with E-state index in [1.807, 2.05) is 30.3 Å². The first kappa shape index (κ1) is 12.7. The number of ether oxygens (including phenoxy) is 1. The fourth-order valence-corrected chi connectivity index (χ4v) is 3.37. The van der Waals surface area contributed by atoms with E-state index in [0.717, 1.165) is 18.4 Å². The van der Waals surface area contributed by atoms with Crippen molar-refractivity contribution in [1.29, 1.82) is 0 Å². The molecule has 2 aliphatic rings. The van der Waals surface area contributed by atoms with Gasteiger partial charge < -0.3 is 10.1 Å². The molecule has 1 N–H and O–H groups in total. The predicted octanol–water partition coefficient (Wildman–Crippen LogP) is 2.65. The lowest BCUT2D eigenvalue weighted by molar-refractivity contribution is -0.146. The maximum Gasteiger partial charge on any atom is 0.306 e. The van der Waals surface area contributed by atoms with Gasteiger partial charge in [-0.3, -0.25) is 4.79 Å². The lowest BCUT2D eigenvalue weighted by Crippen LogP contribution is -2.38. The third kappa shape index (κ3) is 3.35. The Bertz CT molecular complexity index is 420. The molecular weight excluding hydrogens is 238 g/mol. The van der Waals surface area contributed by atoms with Gasteiger partial charge in [-0.15, -0.1) is 0 Å². The SMILES string of the molecule is O=C(CC1CC2CCC(C1)N2)OCc1ccccc1. The molecule has 1 aromatic carbocycles. The van der Waals surface area contributed by atoms with Crippen molar-refractivity contribution in [2.75, 3.05) is 0 Å². The summed E-state index contributed by atoms with van der Waals surface area (Å²) in [7, 11) is 0. The highest BCUT2D eigenvalue weighted by molar-refractivity contribution is 5.69. The minimum absolute atomic E-state index is 0.0462. The molecule has 1 aromatic rings. The average molecular weight is 259 g/mol. The van der Waals surface area contributed by atoms with E-state index in [4.69, 9.17) is 4.74 Å². The van der Waals surface area contributed by atoms with Gasteiger partial charge in [0.05, 0.1) is 0 Å². The van der Waals surface area contributed by atoms with Gasteiger partial charge in [0.1, 0.15) is 6.61 Å². The lowest BCUT2D eigenvalue weighted by atomic mass is 9.90. The van der Waals surface area contributed by atoms with Gasteiger partial charge in [-0.25, -0.2) is 0 Å². The van der Waals surface area contributed by atoms with Gasteiger partial charge in [-0.2, -0.15) is 0 Å². The van der Waals surface area contributed by atoms with Crippen LogP contribution in [0, 0.1) is 5.92 Å². The highest BCUT2D eigenvalue weighted by Gasteiger charge is 2.34. The summed E-state index contributed by atoms with van der Waals surface area (Å²) in [4.78, 5) is 11.9. The molecule has 0 radical (unpaired) electrons. The maximum absolute atomic E-state index is 11.9. The Balaban J connectivity index is 1.44. The van der Waals surface area contributed by atoms with Crippen LogP contribution in [0.25, 0.3) is 0 Å². The van der Waals surface area contributed by atoms with Crippen LogP contribution >= 0.6 is 0 Å². The highest BCUT2D eigenvalue weighted by atomic mass is 16.5. The van der Waals surface area contributed by atoms with Gasteiger partial charge in [0.15, 0.2) is 0 Å². The number of carbonyl (C=O) groups is 1. The second-order valence-electron chi connectivity index (χ2n) is 5.83. The van der Waals surface area contributed by atoms with Crippen molar-refractivity contribution < 1.29 is 9.53 Å². The van der Waals surface area contributed by atoms with Crippen LogP contribution in [-0.2, 0) is 16.1 Å². The van der Waals surface area contributed by atoms with Crippen molar-refractivity contribution in [3.05, 3.63) is 35.9 Å².